The number of aromatic amines is 1. The van der Waals surface area contributed by atoms with Gasteiger partial charge in [-0.2, -0.15) is 0 Å². The van der Waals surface area contributed by atoms with E-state index in [1.54, 1.807) is 43.3 Å². The minimum atomic E-state index is -1.10. The van der Waals surface area contributed by atoms with Crippen LogP contribution in [0.3, 0.4) is 0 Å². The van der Waals surface area contributed by atoms with Gasteiger partial charge in [-0.1, -0.05) is 24.3 Å². The number of aliphatic carboxylic acids is 1. The molecule has 0 bridgehead atoms. The van der Waals surface area contributed by atoms with Gasteiger partial charge in [0.2, 0.25) is 5.16 Å². The van der Waals surface area contributed by atoms with Crippen molar-refractivity contribution in [1.29, 1.82) is 0 Å². The number of halogens is 1. The number of hydrogen-bond donors (Lipinski definition) is 2. The Hall–Kier alpha value is -3.33. The van der Waals surface area contributed by atoms with Gasteiger partial charge in [0.05, 0.1) is 7.11 Å². The number of ether oxygens (including phenoxy) is 2. The molecule has 0 fully saturated rings. The summed E-state index contributed by atoms with van der Waals surface area (Å²) in [5.74, 6) is -0.0384. The number of thioether (sulfide) groups is 1. The van der Waals surface area contributed by atoms with E-state index in [9.17, 15) is 14.3 Å². The second-order valence-electron chi connectivity index (χ2n) is 5.91. The first-order valence-corrected chi connectivity index (χ1v) is 9.34. The van der Waals surface area contributed by atoms with E-state index in [0.717, 1.165) is 11.8 Å². The highest BCUT2D eigenvalue weighted by atomic mass is 32.2. The molecule has 0 saturated heterocycles. The van der Waals surface area contributed by atoms with E-state index < -0.39 is 5.97 Å². The fourth-order valence-corrected chi connectivity index (χ4v) is 3.17. The fourth-order valence-electron chi connectivity index (χ4n) is 2.42. The molecule has 0 spiro atoms. The number of aromatic nitrogens is 3. The van der Waals surface area contributed by atoms with E-state index in [4.69, 9.17) is 9.47 Å². The van der Waals surface area contributed by atoms with Crippen LogP contribution in [0, 0.1) is 12.7 Å². The van der Waals surface area contributed by atoms with Crippen LogP contribution < -0.4 is 9.47 Å². The van der Waals surface area contributed by atoms with Crippen LogP contribution in [-0.4, -0.2) is 33.4 Å². The molecule has 7 nitrogen and oxygen atoms in total. The first-order valence-electron chi connectivity index (χ1n) is 8.52. The zero-order chi connectivity index (χ0) is 20.8. The maximum absolute atomic E-state index is 13.7. The molecule has 0 aliphatic carbocycles. The Labute approximate surface area is 170 Å². The lowest BCUT2D eigenvalue weighted by molar-refractivity contribution is -0.131. The number of nitrogens with zero attached hydrogens (tertiary/aromatic N) is 2. The molecular formula is C20H18FN3O4S. The average molecular weight is 415 g/mol. The van der Waals surface area contributed by atoms with Gasteiger partial charge in [0.1, 0.15) is 23.2 Å². The zero-order valence-electron chi connectivity index (χ0n) is 15.7. The van der Waals surface area contributed by atoms with Crippen LogP contribution in [0.25, 0.3) is 6.08 Å². The van der Waals surface area contributed by atoms with Crippen molar-refractivity contribution in [2.24, 2.45) is 0 Å². The van der Waals surface area contributed by atoms with Crippen LogP contribution in [-0.2, 0) is 11.4 Å². The Morgan fingerprint density at radius 2 is 2.07 bits per heavy atom. The van der Waals surface area contributed by atoms with E-state index in [2.05, 4.69) is 15.2 Å². The predicted octanol–water partition coefficient (Wildman–Crippen LogP) is 4.06. The lowest BCUT2D eigenvalue weighted by Gasteiger charge is -2.12. The highest BCUT2D eigenvalue weighted by Crippen LogP contribution is 2.32. The molecule has 3 aromatic rings. The first kappa shape index (κ1) is 20.4. The SMILES string of the molecule is COc1cc(C=C(Sc2n[nH]c(C)n2)C(=O)O)ccc1OCc1ccccc1F. The van der Waals surface area contributed by atoms with Gasteiger partial charge in [-0.05, 0) is 48.5 Å². The lowest BCUT2D eigenvalue weighted by Crippen LogP contribution is -2.00. The standard InChI is InChI=1S/C20H18FN3O4S/c1-12-22-20(24-23-12)29-18(19(25)26)10-13-7-8-16(17(9-13)27-2)28-11-14-5-3-4-6-15(14)21/h3-10H,11H2,1-2H3,(H,25,26)(H,22,23,24). The maximum atomic E-state index is 13.7. The molecule has 0 unspecified atom stereocenters. The summed E-state index contributed by atoms with van der Waals surface area (Å²) < 4.78 is 24.8. The Morgan fingerprint density at radius 3 is 2.72 bits per heavy atom. The van der Waals surface area contributed by atoms with E-state index in [0.29, 0.717) is 33.6 Å². The van der Waals surface area contributed by atoms with Gasteiger partial charge in [0.25, 0.3) is 0 Å². The predicted molar refractivity (Wildman–Crippen MR) is 106 cm³/mol. The molecule has 0 amide bonds. The van der Waals surface area contributed by atoms with Crippen LogP contribution in [0.2, 0.25) is 0 Å². The number of aryl methyl sites for hydroxylation is 1. The second kappa shape index (κ2) is 9.24. The summed E-state index contributed by atoms with van der Waals surface area (Å²) in [6.07, 6.45) is 1.49. The van der Waals surface area contributed by atoms with Gasteiger partial charge >= 0.3 is 5.97 Å². The molecule has 2 N–H and O–H groups in total. The normalized spacial score (nSPS) is 11.3. The molecule has 29 heavy (non-hydrogen) atoms. The van der Waals surface area contributed by atoms with Gasteiger partial charge in [-0.25, -0.2) is 14.2 Å². The number of carboxylic acid groups (broad SMARTS) is 1. The highest BCUT2D eigenvalue weighted by Gasteiger charge is 2.14. The van der Waals surface area contributed by atoms with Gasteiger partial charge in [-0.15, -0.1) is 5.10 Å². The van der Waals surface area contributed by atoms with Crippen LogP contribution in [0.1, 0.15) is 17.0 Å². The largest absolute Gasteiger partial charge is 0.493 e. The van der Waals surface area contributed by atoms with Crippen molar-refractivity contribution in [3.05, 3.63) is 70.1 Å². The second-order valence-corrected chi connectivity index (χ2v) is 6.92. The number of benzene rings is 2. The number of carboxylic acids is 1. The summed E-state index contributed by atoms with van der Waals surface area (Å²) in [5.41, 5.74) is 1.02. The number of methoxy groups -OCH3 is 1. The van der Waals surface area contributed by atoms with Crippen molar-refractivity contribution in [1.82, 2.24) is 15.2 Å². The number of nitrogens with one attached hydrogen (secondary N) is 1. The van der Waals surface area contributed by atoms with Crippen LogP contribution in [0.4, 0.5) is 4.39 Å². The molecule has 0 saturated carbocycles. The zero-order valence-corrected chi connectivity index (χ0v) is 16.5. The van der Waals surface area contributed by atoms with Crippen LogP contribution in [0.15, 0.2) is 52.5 Å². The molecular weight excluding hydrogens is 397 g/mol. The van der Waals surface area contributed by atoms with Gasteiger partial charge in [0.15, 0.2) is 11.5 Å². The Morgan fingerprint density at radius 1 is 1.28 bits per heavy atom. The molecule has 0 atom stereocenters. The first-order chi connectivity index (χ1) is 14.0. The number of H-pyrrole nitrogens is 1. The third-order valence-electron chi connectivity index (χ3n) is 3.82. The minimum absolute atomic E-state index is 0.0403. The fraction of sp³-hybridized carbons (Fsp3) is 0.150. The van der Waals surface area contributed by atoms with Crippen molar-refractivity contribution in [2.75, 3.05) is 7.11 Å². The van der Waals surface area contributed by atoms with E-state index in [1.807, 2.05) is 0 Å². The molecule has 0 aliphatic rings. The van der Waals surface area contributed by atoms with Gasteiger partial charge in [-0.3, -0.25) is 5.10 Å². The Balaban J connectivity index is 1.80. The summed E-state index contributed by atoms with van der Waals surface area (Å²) in [6.45, 7) is 1.77. The quantitative estimate of drug-likeness (QED) is 0.423. The molecule has 1 heterocycles. The topological polar surface area (TPSA) is 97.3 Å². The summed E-state index contributed by atoms with van der Waals surface area (Å²) >= 11 is 0.934. The smallest absolute Gasteiger partial charge is 0.342 e. The molecule has 2 aromatic carbocycles. The third kappa shape index (κ3) is 5.35. The molecule has 0 aliphatic heterocycles. The molecule has 3 rings (SSSR count). The molecule has 9 heteroatoms. The molecule has 150 valence electrons. The van der Waals surface area contributed by atoms with Crippen LogP contribution >= 0.6 is 11.8 Å². The summed E-state index contributed by atoms with van der Waals surface area (Å²) in [6, 6.07) is 11.3. The summed E-state index contributed by atoms with van der Waals surface area (Å²) in [5, 5.41) is 16.4. The maximum Gasteiger partial charge on any atom is 0.342 e. The van der Waals surface area contributed by atoms with Gasteiger partial charge < -0.3 is 14.6 Å². The molecule has 1 aromatic heterocycles. The minimum Gasteiger partial charge on any atom is -0.493 e. The van der Waals surface area contributed by atoms with Crippen molar-refractivity contribution in [3.63, 3.8) is 0 Å². The van der Waals surface area contributed by atoms with E-state index >= 15 is 0 Å². The van der Waals surface area contributed by atoms with Crippen molar-refractivity contribution in [2.45, 2.75) is 18.7 Å². The number of hydrogen-bond acceptors (Lipinski definition) is 6. The van der Waals surface area contributed by atoms with Crippen molar-refractivity contribution >= 4 is 23.8 Å². The highest BCUT2D eigenvalue weighted by molar-refractivity contribution is 8.04. The van der Waals surface area contributed by atoms with Crippen molar-refractivity contribution in [3.8, 4) is 11.5 Å². The average Bonchev–Trinajstić information content (AvgIpc) is 3.12. The van der Waals surface area contributed by atoms with E-state index in [1.165, 1.54) is 19.3 Å². The number of carbonyl (C=O) groups is 1. The van der Waals surface area contributed by atoms with Crippen molar-refractivity contribution < 1.29 is 23.8 Å². The Kier molecular flexibility index (Phi) is 6.50. The van der Waals surface area contributed by atoms with E-state index in [-0.39, 0.29) is 17.3 Å². The van der Waals surface area contributed by atoms with Crippen LogP contribution in [0.5, 0.6) is 11.5 Å². The third-order valence-corrected chi connectivity index (χ3v) is 4.69. The van der Waals surface area contributed by atoms with Gasteiger partial charge in [0, 0.05) is 5.56 Å². The molecule has 0 radical (unpaired) electrons. The summed E-state index contributed by atoms with van der Waals surface area (Å²) in [4.78, 5) is 15.7. The Bertz CT molecular complexity index is 1050. The number of rotatable bonds is 8. The summed E-state index contributed by atoms with van der Waals surface area (Å²) in [7, 11) is 1.47. The lowest BCUT2D eigenvalue weighted by atomic mass is 10.2. The monoisotopic (exact) mass is 415 g/mol.